The summed E-state index contributed by atoms with van der Waals surface area (Å²) in [5.41, 5.74) is 2.71. The molecule has 19 heavy (non-hydrogen) atoms. The van der Waals surface area contributed by atoms with E-state index in [9.17, 15) is 0 Å². The van der Waals surface area contributed by atoms with Crippen molar-refractivity contribution in [1.82, 2.24) is 9.97 Å². The van der Waals surface area contributed by atoms with Gasteiger partial charge in [-0.15, -0.1) is 0 Å². The lowest BCUT2D eigenvalue weighted by Gasteiger charge is -2.24. The number of hydrogen-bond acceptors (Lipinski definition) is 4. The van der Waals surface area contributed by atoms with Crippen LogP contribution in [-0.2, 0) is 0 Å². The van der Waals surface area contributed by atoms with Gasteiger partial charge in [0.05, 0.1) is 28.7 Å². The van der Waals surface area contributed by atoms with Crippen molar-refractivity contribution in [1.29, 1.82) is 5.26 Å². The molecule has 0 aliphatic carbocycles. The number of nitrogens with zero attached hydrogens (tertiary/aromatic N) is 4. The van der Waals surface area contributed by atoms with Crippen molar-refractivity contribution in [3.8, 4) is 6.07 Å². The van der Waals surface area contributed by atoms with Crippen LogP contribution in [0.5, 0.6) is 0 Å². The van der Waals surface area contributed by atoms with Crippen molar-refractivity contribution in [3.63, 3.8) is 0 Å². The van der Waals surface area contributed by atoms with Crippen LogP contribution in [0.3, 0.4) is 0 Å². The average Bonchev–Trinajstić information content (AvgIpc) is 2.44. The van der Waals surface area contributed by atoms with E-state index in [-0.39, 0.29) is 5.92 Å². The van der Waals surface area contributed by atoms with Gasteiger partial charge in [0.1, 0.15) is 0 Å². The normalized spacial score (nSPS) is 12.1. The number of anilines is 1. The molecule has 0 bridgehead atoms. The van der Waals surface area contributed by atoms with Crippen molar-refractivity contribution in [3.05, 3.63) is 30.0 Å². The summed E-state index contributed by atoms with van der Waals surface area (Å²) in [6, 6.07) is 10.1. The van der Waals surface area contributed by atoms with Gasteiger partial charge in [-0.1, -0.05) is 12.1 Å². The Morgan fingerprint density at radius 2 is 1.89 bits per heavy atom. The predicted octanol–water partition coefficient (Wildman–Crippen LogP) is 2.92. The van der Waals surface area contributed by atoms with Gasteiger partial charge in [0.15, 0.2) is 5.82 Å². The van der Waals surface area contributed by atoms with Gasteiger partial charge in [0.25, 0.3) is 0 Å². The fourth-order valence-electron chi connectivity index (χ4n) is 2.12. The standard InChI is InChI=1S/C15H18N4/c1-4-19(10-11(2)9-16)15-12(3)17-13-7-5-6-8-14(13)18-15/h5-8,11H,4,10H2,1-3H3. The molecule has 1 heterocycles. The van der Waals surface area contributed by atoms with E-state index in [0.717, 1.165) is 29.1 Å². The quantitative estimate of drug-likeness (QED) is 0.841. The lowest BCUT2D eigenvalue weighted by molar-refractivity contribution is 0.677. The van der Waals surface area contributed by atoms with E-state index >= 15 is 0 Å². The third kappa shape index (κ3) is 2.82. The van der Waals surface area contributed by atoms with Crippen molar-refractivity contribution >= 4 is 16.9 Å². The van der Waals surface area contributed by atoms with E-state index in [2.05, 4.69) is 27.9 Å². The molecule has 0 aliphatic heterocycles. The Morgan fingerprint density at radius 3 is 2.47 bits per heavy atom. The monoisotopic (exact) mass is 254 g/mol. The van der Waals surface area contributed by atoms with Gasteiger partial charge in [-0.25, -0.2) is 9.97 Å². The molecule has 2 rings (SSSR count). The maximum atomic E-state index is 8.95. The highest BCUT2D eigenvalue weighted by Gasteiger charge is 2.14. The molecular weight excluding hydrogens is 236 g/mol. The molecule has 0 N–H and O–H groups in total. The highest BCUT2D eigenvalue weighted by molar-refractivity contribution is 5.76. The Morgan fingerprint density at radius 1 is 1.26 bits per heavy atom. The Labute approximate surface area is 113 Å². The molecule has 4 nitrogen and oxygen atoms in total. The summed E-state index contributed by atoms with van der Waals surface area (Å²) in [6.07, 6.45) is 0. The van der Waals surface area contributed by atoms with E-state index in [0.29, 0.717) is 6.54 Å². The SMILES string of the molecule is CCN(CC(C)C#N)c1nc2ccccc2nc1C. The topological polar surface area (TPSA) is 52.8 Å². The molecule has 0 saturated heterocycles. The lowest BCUT2D eigenvalue weighted by atomic mass is 10.2. The summed E-state index contributed by atoms with van der Waals surface area (Å²) in [5.74, 6) is 0.857. The molecule has 1 atom stereocenters. The Bertz CT molecular complexity index is 615. The van der Waals surface area contributed by atoms with Gasteiger partial charge < -0.3 is 4.90 Å². The number of fused-ring (bicyclic) bond motifs is 1. The van der Waals surface area contributed by atoms with E-state index < -0.39 is 0 Å². The van der Waals surface area contributed by atoms with Crippen LogP contribution in [0.4, 0.5) is 5.82 Å². The summed E-state index contributed by atoms with van der Waals surface area (Å²) >= 11 is 0. The molecule has 1 aromatic carbocycles. The fraction of sp³-hybridized carbons (Fsp3) is 0.400. The number of rotatable bonds is 4. The zero-order valence-electron chi connectivity index (χ0n) is 11.6. The van der Waals surface area contributed by atoms with Crippen LogP contribution in [0.25, 0.3) is 11.0 Å². The van der Waals surface area contributed by atoms with Crippen molar-refractivity contribution in [2.75, 3.05) is 18.0 Å². The lowest BCUT2D eigenvalue weighted by Crippen LogP contribution is -2.29. The first kappa shape index (κ1) is 13.3. The van der Waals surface area contributed by atoms with Gasteiger partial charge in [-0.3, -0.25) is 0 Å². The highest BCUT2D eigenvalue weighted by atomic mass is 15.2. The van der Waals surface area contributed by atoms with Gasteiger partial charge >= 0.3 is 0 Å². The molecule has 0 aliphatic rings. The zero-order chi connectivity index (χ0) is 13.8. The minimum Gasteiger partial charge on any atom is -0.354 e. The number of aromatic nitrogens is 2. The minimum atomic E-state index is -0.0207. The maximum absolute atomic E-state index is 8.95. The molecule has 0 radical (unpaired) electrons. The Balaban J connectivity index is 2.42. The van der Waals surface area contributed by atoms with Crippen molar-refractivity contribution in [2.24, 2.45) is 5.92 Å². The number of nitriles is 1. The molecule has 98 valence electrons. The Kier molecular flexibility index (Phi) is 3.96. The predicted molar refractivity (Wildman–Crippen MR) is 76.9 cm³/mol. The summed E-state index contributed by atoms with van der Waals surface area (Å²) in [4.78, 5) is 11.4. The molecule has 1 unspecified atom stereocenters. The molecular formula is C15H18N4. The molecule has 0 fully saturated rings. The molecule has 4 heteroatoms. The molecule has 1 aromatic heterocycles. The summed E-state index contributed by atoms with van der Waals surface area (Å²) < 4.78 is 0. The third-order valence-corrected chi connectivity index (χ3v) is 3.12. The number of hydrogen-bond donors (Lipinski definition) is 0. The second kappa shape index (κ2) is 5.66. The summed E-state index contributed by atoms with van der Waals surface area (Å²) in [5, 5.41) is 8.95. The van der Waals surface area contributed by atoms with Gasteiger partial charge in [-0.05, 0) is 32.9 Å². The summed E-state index contributed by atoms with van der Waals surface area (Å²) in [6.45, 7) is 7.46. The van der Waals surface area contributed by atoms with E-state index in [1.807, 2.05) is 38.1 Å². The second-order valence-corrected chi connectivity index (χ2v) is 4.69. The van der Waals surface area contributed by atoms with Gasteiger partial charge in [0.2, 0.25) is 0 Å². The molecule has 0 saturated carbocycles. The first-order chi connectivity index (χ1) is 9.15. The van der Waals surface area contributed by atoms with Gasteiger partial charge in [0, 0.05) is 13.1 Å². The van der Waals surface area contributed by atoms with Crippen LogP contribution < -0.4 is 4.90 Å². The third-order valence-electron chi connectivity index (χ3n) is 3.12. The molecule has 0 amide bonds. The smallest absolute Gasteiger partial charge is 0.150 e. The van der Waals surface area contributed by atoms with E-state index in [1.165, 1.54) is 0 Å². The van der Waals surface area contributed by atoms with E-state index in [1.54, 1.807) is 0 Å². The molecule has 2 aromatic rings. The first-order valence-corrected chi connectivity index (χ1v) is 6.53. The van der Waals surface area contributed by atoms with Crippen molar-refractivity contribution < 1.29 is 0 Å². The fourth-order valence-corrected chi connectivity index (χ4v) is 2.12. The minimum absolute atomic E-state index is 0.0207. The van der Waals surface area contributed by atoms with Crippen LogP contribution in [0.2, 0.25) is 0 Å². The maximum Gasteiger partial charge on any atom is 0.150 e. The second-order valence-electron chi connectivity index (χ2n) is 4.69. The van der Waals surface area contributed by atoms with Gasteiger partial charge in [-0.2, -0.15) is 5.26 Å². The summed E-state index contributed by atoms with van der Waals surface area (Å²) in [7, 11) is 0. The average molecular weight is 254 g/mol. The van der Waals surface area contributed by atoms with Crippen LogP contribution in [0.1, 0.15) is 19.5 Å². The largest absolute Gasteiger partial charge is 0.354 e. The number of benzene rings is 1. The number of aryl methyl sites for hydroxylation is 1. The van der Waals surface area contributed by atoms with Crippen molar-refractivity contribution in [2.45, 2.75) is 20.8 Å². The van der Waals surface area contributed by atoms with Crippen LogP contribution in [-0.4, -0.2) is 23.1 Å². The molecule has 0 spiro atoms. The van der Waals surface area contributed by atoms with Crippen LogP contribution in [0, 0.1) is 24.2 Å². The van der Waals surface area contributed by atoms with E-state index in [4.69, 9.17) is 5.26 Å². The Hall–Kier alpha value is -2.15. The first-order valence-electron chi connectivity index (χ1n) is 6.53. The highest BCUT2D eigenvalue weighted by Crippen LogP contribution is 2.20. The van der Waals surface area contributed by atoms with Crippen LogP contribution in [0.15, 0.2) is 24.3 Å². The van der Waals surface area contributed by atoms with Crippen LogP contribution >= 0.6 is 0 Å². The zero-order valence-corrected chi connectivity index (χ0v) is 11.6. The number of para-hydroxylation sites is 2.